The van der Waals surface area contributed by atoms with E-state index in [2.05, 4.69) is 25.7 Å². The van der Waals surface area contributed by atoms with Gasteiger partial charge in [-0.1, -0.05) is 0 Å². The van der Waals surface area contributed by atoms with Gasteiger partial charge in [-0.3, -0.25) is 14.3 Å². The van der Waals surface area contributed by atoms with Gasteiger partial charge in [-0.05, 0) is 42.8 Å². The minimum Gasteiger partial charge on any atom is -0.457 e. The lowest BCUT2D eigenvalue weighted by molar-refractivity contribution is -0.119. The van der Waals surface area contributed by atoms with Crippen LogP contribution < -0.4 is 21.1 Å². The summed E-state index contributed by atoms with van der Waals surface area (Å²) in [5, 5.41) is 10.4. The van der Waals surface area contributed by atoms with Crippen LogP contribution in [0.25, 0.3) is 22.3 Å². The molecule has 5 rings (SSSR count). The van der Waals surface area contributed by atoms with Crippen LogP contribution in [0.5, 0.6) is 11.5 Å². The summed E-state index contributed by atoms with van der Waals surface area (Å²) < 4.78 is 21.5. The highest BCUT2D eigenvalue weighted by Crippen LogP contribution is 2.32. The second-order valence-electron chi connectivity index (χ2n) is 7.81. The summed E-state index contributed by atoms with van der Waals surface area (Å²) in [6.45, 7) is 0.567. The molecule has 2 aromatic heterocycles. The Morgan fingerprint density at radius 1 is 1.24 bits per heavy atom. The molecule has 172 valence electrons. The summed E-state index contributed by atoms with van der Waals surface area (Å²) in [5.41, 5.74) is 6.43. The molecule has 11 heteroatoms. The lowest BCUT2D eigenvalue weighted by Crippen LogP contribution is -2.30. The Labute approximate surface area is 192 Å². The SMILES string of the molecule is Cn1ncc2c(Oc3ccc(-c4nc(N[C@H]5CCNC5=O)cc(C(N)=O)n4)cc3)ccc(F)c21. The zero-order chi connectivity index (χ0) is 23.8. The van der Waals surface area contributed by atoms with E-state index in [4.69, 9.17) is 10.5 Å². The molecule has 1 aliphatic rings. The van der Waals surface area contributed by atoms with E-state index < -0.39 is 11.9 Å². The van der Waals surface area contributed by atoms with Crippen molar-refractivity contribution in [3.63, 3.8) is 0 Å². The molecule has 0 spiro atoms. The van der Waals surface area contributed by atoms with Gasteiger partial charge in [0.05, 0.1) is 11.6 Å². The highest BCUT2D eigenvalue weighted by molar-refractivity contribution is 5.92. The van der Waals surface area contributed by atoms with Crippen LogP contribution in [-0.4, -0.2) is 44.1 Å². The summed E-state index contributed by atoms with van der Waals surface area (Å²) in [6, 6.07) is 10.7. The number of benzene rings is 2. The molecule has 1 saturated heterocycles. The van der Waals surface area contributed by atoms with E-state index in [9.17, 15) is 14.0 Å². The third-order valence-electron chi connectivity index (χ3n) is 5.50. The fraction of sp³-hybridized carbons (Fsp3) is 0.174. The molecule has 4 N–H and O–H groups in total. The fourth-order valence-electron chi connectivity index (χ4n) is 3.79. The van der Waals surface area contributed by atoms with Crippen molar-refractivity contribution in [2.75, 3.05) is 11.9 Å². The Hall–Kier alpha value is -4.54. The number of hydrogen-bond donors (Lipinski definition) is 3. The quantitative estimate of drug-likeness (QED) is 0.401. The van der Waals surface area contributed by atoms with Crippen molar-refractivity contribution in [2.24, 2.45) is 12.8 Å². The van der Waals surface area contributed by atoms with Gasteiger partial charge in [0.1, 0.15) is 40.4 Å². The lowest BCUT2D eigenvalue weighted by atomic mass is 10.2. The van der Waals surface area contributed by atoms with E-state index in [-0.39, 0.29) is 23.2 Å². The van der Waals surface area contributed by atoms with Gasteiger partial charge >= 0.3 is 0 Å². The van der Waals surface area contributed by atoms with Gasteiger partial charge in [-0.25, -0.2) is 14.4 Å². The molecule has 34 heavy (non-hydrogen) atoms. The number of fused-ring (bicyclic) bond motifs is 1. The van der Waals surface area contributed by atoms with E-state index in [0.717, 1.165) is 0 Å². The molecule has 0 bridgehead atoms. The number of amides is 2. The highest BCUT2D eigenvalue weighted by atomic mass is 19.1. The third kappa shape index (κ3) is 3.98. The molecule has 1 atom stereocenters. The molecule has 10 nitrogen and oxygen atoms in total. The summed E-state index contributed by atoms with van der Waals surface area (Å²) in [6.07, 6.45) is 2.15. The van der Waals surface area contributed by atoms with Crippen molar-refractivity contribution in [1.29, 1.82) is 0 Å². The van der Waals surface area contributed by atoms with Crippen LogP contribution in [0.4, 0.5) is 10.2 Å². The van der Waals surface area contributed by atoms with Crippen molar-refractivity contribution >= 4 is 28.5 Å². The number of hydrogen-bond acceptors (Lipinski definition) is 7. The van der Waals surface area contributed by atoms with Crippen LogP contribution in [-0.2, 0) is 11.8 Å². The number of rotatable bonds is 6. The van der Waals surface area contributed by atoms with E-state index in [1.165, 1.54) is 16.8 Å². The van der Waals surface area contributed by atoms with Crippen LogP contribution >= 0.6 is 0 Å². The lowest BCUT2D eigenvalue weighted by Gasteiger charge is -2.13. The Kier molecular flexibility index (Phi) is 5.28. The number of ether oxygens (including phenoxy) is 1. The van der Waals surface area contributed by atoms with Crippen molar-refractivity contribution in [3.8, 4) is 22.9 Å². The monoisotopic (exact) mass is 461 g/mol. The number of aryl methyl sites for hydroxylation is 1. The zero-order valence-corrected chi connectivity index (χ0v) is 18.1. The first-order chi connectivity index (χ1) is 16.4. The number of aromatic nitrogens is 4. The minimum absolute atomic E-state index is 0.0245. The van der Waals surface area contributed by atoms with Crippen molar-refractivity contribution in [1.82, 2.24) is 25.1 Å². The maximum absolute atomic E-state index is 14.1. The number of carbonyl (C=O) groups is 2. The first kappa shape index (κ1) is 21.3. The Balaban J connectivity index is 1.42. The standard InChI is InChI=1S/C23H20FN7O3/c1-31-20-14(11-27-31)18(7-6-15(20)24)34-13-4-2-12(3-5-13)22-29-17(21(25)32)10-19(30-22)28-16-8-9-26-23(16)33/h2-7,10-11,16H,8-9H2,1H3,(H2,25,32)(H,26,33)(H,28,29,30)/t16-/m0/s1. The normalized spacial score (nSPS) is 15.4. The largest absolute Gasteiger partial charge is 0.457 e. The Bertz CT molecular complexity index is 1420. The van der Waals surface area contributed by atoms with Gasteiger partial charge in [0, 0.05) is 25.2 Å². The van der Waals surface area contributed by atoms with Gasteiger partial charge in [0.25, 0.3) is 5.91 Å². The Morgan fingerprint density at radius 3 is 2.74 bits per heavy atom. The van der Waals surface area contributed by atoms with Crippen LogP contribution in [0.2, 0.25) is 0 Å². The molecule has 0 saturated carbocycles. The first-order valence-corrected chi connectivity index (χ1v) is 10.5. The number of carbonyl (C=O) groups excluding carboxylic acids is 2. The summed E-state index contributed by atoms with van der Waals surface area (Å²) in [5.74, 6) is 0.332. The van der Waals surface area contributed by atoms with Gasteiger partial charge in [-0.15, -0.1) is 0 Å². The molecule has 0 aliphatic carbocycles. The third-order valence-corrected chi connectivity index (χ3v) is 5.50. The highest BCUT2D eigenvalue weighted by Gasteiger charge is 2.25. The smallest absolute Gasteiger partial charge is 0.267 e. The van der Waals surface area contributed by atoms with Gasteiger partial charge in [-0.2, -0.15) is 5.10 Å². The number of nitrogens with two attached hydrogens (primary N) is 1. The number of nitrogens with one attached hydrogen (secondary N) is 2. The number of halogens is 1. The predicted molar refractivity (Wildman–Crippen MR) is 122 cm³/mol. The number of nitrogens with zero attached hydrogens (tertiary/aromatic N) is 4. The van der Waals surface area contributed by atoms with E-state index in [1.54, 1.807) is 43.6 Å². The molecule has 2 amide bonds. The maximum Gasteiger partial charge on any atom is 0.267 e. The van der Waals surface area contributed by atoms with Gasteiger partial charge < -0.3 is 21.1 Å². The Morgan fingerprint density at radius 2 is 2.03 bits per heavy atom. The van der Waals surface area contributed by atoms with Crippen molar-refractivity contribution in [3.05, 3.63) is 60.2 Å². The summed E-state index contributed by atoms with van der Waals surface area (Å²) in [4.78, 5) is 32.4. The fourth-order valence-corrected chi connectivity index (χ4v) is 3.79. The average molecular weight is 461 g/mol. The second kappa shape index (κ2) is 8.43. The van der Waals surface area contributed by atoms with Crippen LogP contribution in [0.15, 0.2) is 48.7 Å². The van der Waals surface area contributed by atoms with E-state index >= 15 is 0 Å². The molecule has 0 radical (unpaired) electrons. The topological polar surface area (TPSA) is 137 Å². The molecule has 4 aromatic rings. The number of primary amides is 1. The van der Waals surface area contributed by atoms with Gasteiger partial charge in [0.15, 0.2) is 5.82 Å². The molecule has 1 aliphatic heterocycles. The maximum atomic E-state index is 14.1. The molecular formula is C23H20FN7O3. The van der Waals surface area contributed by atoms with E-state index in [1.807, 2.05) is 0 Å². The molecule has 0 unspecified atom stereocenters. The van der Waals surface area contributed by atoms with Crippen molar-refractivity contribution in [2.45, 2.75) is 12.5 Å². The minimum atomic E-state index is -0.709. The molecule has 3 heterocycles. The first-order valence-electron chi connectivity index (χ1n) is 10.5. The van der Waals surface area contributed by atoms with E-state index in [0.29, 0.717) is 46.7 Å². The molecular weight excluding hydrogens is 441 g/mol. The van der Waals surface area contributed by atoms with Crippen LogP contribution in [0.3, 0.4) is 0 Å². The summed E-state index contributed by atoms with van der Waals surface area (Å²) in [7, 11) is 1.66. The van der Waals surface area contributed by atoms with Crippen LogP contribution in [0, 0.1) is 5.82 Å². The van der Waals surface area contributed by atoms with Gasteiger partial charge in [0.2, 0.25) is 5.91 Å². The van der Waals surface area contributed by atoms with Crippen LogP contribution in [0.1, 0.15) is 16.9 Å². The predicted octanol–water partition coefficient (Wildman–Crippen LogP) is 2.36. The molecule has 1 fully saturated rings. The molecule has 2 aromatic carbocycles. The number of anilines is 1. The second-order valence-corrected chi connectivity index (χ2v) is 7.81. The summed E-state index contributed by atoms with van der Waals surface area (Å²) >= 11 is 0. The average Bonchev–Trinajstić information content (AvgIpc) is 3.42. The van der Waals surface area contributed by atoms with Crippen molar-refractivity contribution < 1.29 is 18.7 Å². The zero-order valence-electron chi connectivity index (χ0n) is 18.1.